The van der Waals surface area contributed by atoms with Crippen molar-refractivity contribution >= 4 is 23.5 Å². The van der Waals surface area contributed by atoms with Gasteiger partial charge in [-0.2, -0.15) is 0 Å². The van der Waals surface area contributed by atoms with Crippen molar-refractivity contribution in [3.8, 4) is 5.75 Å². The van der Waals surface area contributed by atoms with Crippen molar-refractivity contribution in [2.75, 3.05) is 25.7 Å². The van der Waals surface area contributed by atoms with Crippen LogP contribution in [0.3, 0.4) is 0 Å². The van der Waals surface area contributed by atoms with Crippen LogP contribution in [-0.4, -0.2) is 38.5 Å². The van der Waals surface area contributed by atoms with E-state index in [0.29, 0.717) is 17.9 Å². The second-order valence-corrected chi connectivity index (χ2v) is 7.23. The zero-order chi connectivity index (χ0) is 21.7. The normalized spacial score (nSPS) is 18.6. The summed E-state index contributed by atoms with van der Waals surface area (Å²) in [6, 6.07) is 14.4. The molecule has 0 spiro atoms. The number of carbonyl (C=O) groups excluding carboxylic acids is 3. The number of aryl methyl sites for hydroxylation is 1. The highest BCUT2D eigenvalue weighted by atomic mass is 16.5. The summed E-state index contributed by atoms with van der Waals surface area (Å²) in [5, 5.41) is 2.64. The molecule has 1 heterocycles. The monoisotopic (exact) mass is 410 g/mol. The minimum Gasteiger partial charge on any atom is -0.496 e. The van der Waals surface area contributed by atoms with E-state index in [1.165, 1.54) is 7.11 Å². The highest BCUT2D eigenvalue weighted by molar-refractivity contribution is 5.98. The van der Waals surface area contributed by atoms with Crippen LogP contribution in [0.2, 0.25) is 0 Å². The van der Waals surface area contributed by atoms with Crippen molar-refractivity contribution in [2.45, 2.75) is 25.8 Å². The van der Waals surface area contributed by atoms with Gasteiger partial charge in [0.05, 0.1) is 26.2 Å². The molecule has 1 aliphatic heterocycles. The second-order valence-electron chi connectivity index (χ2n) is 7.23. The van der Waals surface area contributed by atoms with Crippen molar-refractivity contribution in [1.29, 1.82) is 0 Å². The van der Waals surface area contributed by atoms with E-state index in [-0.39, 0.29) is 24.8 Å². The summed E-state index contributed by atoms with van der Waals surface area (Å²) >= 11 is 0. The first-order chi connectivity index (χ1) is 14.5. The summed E-state index contributed by atoms with van der Waals surface area (Å²) < 4.78 is 10.2. The van der Waals surface area contributed by atoms with E-state index in [0.717, 1.165) is 11.1 Å². The van der Waals surface area contributed by atoms with E-state index < -0.39 is 17.9 Å². The molecule has 7 heteroatoms. The molecule has 0 saturated carbocycles. The third-order valence-corrected chi connectivity index (χ3v) is 5.34. The number of anilines is 1. The van der Waals surface area contributed by atoms with Gasteiger partial charge in [0.25, 0.3) is 0 Å². The molecule has 1 saturated heterocycles. The van der Waals surface area contributed by atoms with Crippen molar-refractivity contribution in [3.05, 3.63) is 59.7 Å². The Morgan fingerprint density at radius 1 is 1.10 bits per heavy atom. The lowest BCUT2D eigenvalue weighted by Crippen LogP contribution is -2.49. The number of para-hydroxylation sites is 1. The molecular weight excluding hydrogens is 384 g/mol. The predicted molar refractivity (Wildman–Crippen MR) is 112 cm³/mol. The highest BCUT2D eigenvalue weighted by Gasteiger charge is 2.42. The van der Waals surface area contributed by atoms with Crippen LogP contribution in [0.4, 0.5) is 5.69 Å². The number of hydrogen-bond acceptors (Lipinski definition) is 5. The molecule has 2 atom stereocenters. The predicted octanol–water partition coefficient (Wildman–Crippen LogP) is 2.78. The van der Waals surface area contributed by atoms with Gasteiger partial charge >= 0.3 is 5.97 Å². The van der Waals surface area contributed by atoms with Crippen LogP contribution in [0.5, 0.6) is 5.75 Å². The fourth-order valence-electron chi connectivity index (χ4n) is 3.81. The third kappa shape index (κ3) is 4.45. The van der Waals surface area contributed by atoms with Crippen LogP contribution in [0.15, 0.2) is 48.5 Å². The Balaban J connectivity index is 2.05. The van der Waals surface area contributed by atoms with Crippen LogP contribution in [0.1, 0.15) is 30.0 Å². The van der Waals surface area contributed by atoms with Crippen LogP contribution in [-0.2, 0) is 19.1 Å². The minimum absolute atomic E-state index is 0.0632. The fourth-order valence-corrected chi connectivity index (χ4v) is 3.81. The summed E-state index contributed by atoms with van der Waals surface area (Å²) in [6.07, 6.45) is 0.604. The molecular formula is C23H26N2O5. The van der Waals surface area contributed by atoms with Gasteiger partial charge in [-0.05, 0) is 31.5 Å². The molecule has 0 bridgehead atoms. The van der Waals surface area contributed by atoms with Crippen LogP contribution in [0.25, 0.3) is 0 Å². The lowest BCUT2D eigenvalue weighted by molar-refractivity contribution is -0.142. The molecule has 1 fully saturated rings. The van der Waals surface area contributed by atoms with Gasteiger partial charge in [0.2, 0.25) is 11.8 Å². The molecule has 7 nitrogen and oxygen atoms in total. The number of nitrogens with zero attached hydrogens (tertiary/aromatic N) is 1. The maximum atomic E-state index is 13.0. The maximum Gasteiger partial charge on any atom is 0.325 e. The SMILES string of the molecule is COC(=O)CNC(=O)[C@H]1CCC(=O)N(c2ccc(C)cc2)[C@H]1c1ccccc1OC. The number of esters is 1. The highest BCUT2D eigenvalue weighted by Crippen LogP contribution is 2.43. The van der Waals surface area contributed by atoms with Gasteiger partial charge < -0.3 is 19.7 Å². The van der Waals surface area contributed by atoms with Gasteiger partial charge in [-0.3, -0.25) is 14.4 Å². The van der Waals surface area contributed by atoms with Gasteiger partial charge in [-0.25, -0.2) is 0 Å². The van der Waals surface area contributed by atoms with Gasteiger partial charge in [0.1, 0.15) is 12.3 Å². The second kappa shape index (κ2) is 9.43. The molecule has 30 heavy (non-hydrogen) atoms. The largest absolute Gasteiger partial charge is 0.496 e. The molecule has 0 aliphatic carbocycles. The van der Waals surface area contributed by atoms with Crippen LogP contribution >= 0.6 is 0 Å². The van der Waals surface area contributed by atoms with E-state index >= 15 is 0 Å². The van der Waals surface area contributed by atoms with Gasteiger partial charge in [0, 0.05) is 17.7 Å². The number of ether oxygens (including phenoxy) is 2. The van der Waals surface area contributed by atoms with Crippen LogP contribution in [0, 0.1) is 12.8 Å². The number of nitrogens with one attached hydrogen (secondary N) is 1. The van der Waals surface area contributed by atoms with Gasteiger partial charge in [-0.15, -0.1) is 0 Å². The standard InChI is InChI=1S/C23H26N2O5/c1-15-8-10-16(11-9-15)25-20(26)13-12-18(23(28)24-14-21(27)30-3)22(25)17-6-4-5-7-19(17)29-2/h4-11,18,22H,12-14H2,1-3H3,(H,24,28)/t18-,22-/m0/s1. The fraction of sp³-hybridized carbons (Fsp3) is 0.348. The lowest BCUT2D eigenvalue weighted by Gasteiger charge is -2.41. The molecule has 0 radical (unpaired) electrons. The zero-order valence-electron chi connectivity index (χ0n) is 17.4. The molecule has 0 aromatic heterocycles. The summed E-state index contributed by atoms with van der Waals surface area (Å²) in [5.41, 5.74) is 2.53. The smallest absolute Gasteiger partial charge is 0.325 e. The Bertz CT molecular complexity index is 925. The number of rotatable bonds is 6. The van der Waals surface area contributed by atoms with Gasteiger partial charge in [-0.1, -0.05) is 35.9 Å². The summed E-state index contributed by atoms with van der Waals surface area (Å²) in [5.74, 6) is -0.850. The first-order valence-electron chi connectivity index (χ1n) is 9.82. The number of benzene rings is 2. The first-order valence-corrected chi connectivity index (χ1v) is 9.82. The van der Waals surface area contributed by atoms with E-state index in [1.54, 1.807) is 12.0 Å². The topological polar surface area (TPSA) is 84.9 Å². The quantitative estimate of drug-likeness (QED) is 0.741. The number of methoxy groups -OCH3 is 2. The molecule has 2 aromatic rings. The average molecular weight is 410 g/mol. The summed E-state index contributed by atoms with van der Waals surface area (Å²) in [7, 11) is 2.83. The molecule has 1 aliphatic rings. The molecule has 0 unspecified atom stereocenters. The Morgan fingerprint density at radius 3 is 2.47 bits per heavy atom. The van der Waals surface area contributed by atoms with E-state index in [2.05, 4.69) is 10.1 Å². The zero-order valence-corrected chi connectivity index (χ0v) is 17.4. The van der Waals surface area contributed by atoms with E-state index in [1.807, 2.05) is 55.5 Å². The van der Waals surface area contributed by atoms with E-state index in [4.69, 9.17) is 4.74 Å². The maximum absolute atomic E-state index is 13.0. The molecule has 1 N–H and O–H groups in total. The summed E-state index contributed by atoms with van der Waals surface area (Å²) in [6.45, 7) is 1.76. The van der Waals surface area contributed by atoms with Gasteiger partial charge in [0.15, 0.2) is 0 Å². The molecule has 2 amide bonds. The van der Waals surface area contributed by atoms with Crippen molar-refractivity contribution < 1.29 is 23.9 Å². The van der Waals surface area contributed by atoms with Crippen molar-refractivity contribution in [1.82, 2.24) is 5.32 Å². The number of hydrogen-bond donors (Lipinski definition) is 1. The Kier molecular flexibility index (Phi) is 6.72. The number of amides is 2. The molecule has 3 rings (SSSR count). The summed E-state index contributed by atoms with van der Waals surface area (Å²) in [4.78, 5) is 39.2. The lowest BCUT2D eigenvalue weighted by atomic mass is 9.82. The minimum atomic E-state index is -0.567. The Morgan fingerprint density at radius 2 is 1.80 bits per heavy atom. The van der Waals surface area contributed by atoms with Crippen molar-refractivity contribution in [3.63, 3.8) is 0 Å². The number of carbonyl (C=O) groups is 3. The third-order valence-electron chi connectivity index (χ3n) is 5.34. The average Bonchev–Trinajstić information content (AvgIpc) is 2.77. The molecule has 2 aromatic carbocycles. The van der Waals surface area contributed by atoms with Crippen molar-refractivity contribution in [2.24, 2.45) is 5.92 Å². The number of piperidine rings is 1. The Hall–Kier alpha value is -3.35. The first kappa shape index (κ1) is 21.4. The Labute approximate surface area is 176 Å². The van der Waals surface area contributed by atoms with Crippen LogP contribution < -0.4 is 15.0 Å². The molecule has 158 valence electrons. The van der Waals surface area contributed by atoms with E-state index in [9.17, 15) is 14.4 Å².